The number of anilines is 2. The van der Waals surface area contributed by atoms with Crippen molar-refractivity contribution in [3.63, 3.8) is 0 Å². The highest BCUT2D eigenvalue weighted by Crippen LogP contribution is 2.28. The van der Waals surface area contributed by atoms with Gasteiger partial charge in [-0.15, -0.1) is 0 Å². The van der Waals surface area contributed by atoms with Crippen molar-refractivity contribution < 1.29 is 4.74 Å². The van der Waals surface area contributed by atoms with Gasteiger partial charge in [-0.3, -0.25) is 4.90 Å². The zero-order valence-electron chi connectivity index (χ0n) is 21.3. The largest absolute Gasteiger partial charge is 0.385 e. The molecule has 0 saturated carbocycles. The third kappa shape index (κ3) is 6.46. The first-order valence-electron chi connectivity index (χ1n) is 13.2. The van der Waals surface area contributed by atoms with Gasteiger partial charge in [0.25, 0.3) is 0 Å². The van der Waals surface area contributed by atoms with Gasteiger partial charge in [-0.25, -0.2) is 4.98 Å². The number of fused-ring (bicyclic) bond motifs is 1. The van der Waals surface area contributed by atoms with E-state index < -0.39 is 0 Å². The van der Waals surface area contributed by atoms with Gasteiger partial charge in [0.1, 0.15) is 0 Å². The molecule has 1 aromatic heterocycles. The minimum Gasteiger partial charge on any atom is -0.385 e. The lowest BCUT2D eigenvalue weighted by Gasteiger charge is -2.29. The molecule has 0 radical (unpaired) electrons. The standard InChI is InChI=1S/C27H42ClN5O/c1-4-5-12-33-25(26(28)30-27(33)32-14-16-34-17-15-32)20-31(13-10-21(2)3)19-22-8-9-24-23(18-22)7-6-11-29-24/h8-9,18,21,29H,4-7,10-17,19-20H2,1-3H3. The minimum absolute atomic E-state index is 0.654. The van der Waals surface area contributed by atoms with Crippen molar-refractivity contribution in [2.24, 2.45) is 5.92 Å². The van der Waals surface area contributed by atoms with Crippen LogP contribution in [0.15, 0.2) is 18.2 Å². The number of nitrogens with zero attached hydrogens (tertiary/aromatic N) is 4. The van der Waals surface area contributed by atoms with E-state index in [0.29, 0.717) is 11.1 Å². The molecule has 34 heavy (non-hydrogen) atoms. The van der Waals surface area contributed by atoms with E-state index in [0.717, 1.165) is 83.5 Å². The predicted molar refractivity (Wildman–Crippen MR) is 142 cm³/mol. The second-order valence-corrected chi connectivity index (χ2v) is 10.5. The van der Waals surface area contributed by atoms with Crippen molar-refractivity contribution in [1.29, 1.82) is 0 Å². The Labute approximate surface area is 210 Å². The minimum atomic E-state index is 0.654. The molecule has 7 heteroatoms. The average Bonchev–Trinajstić information content (AvgIpc) is 3.16. The summed E-state index contributed by atoms with van der Waals surface area (Å²) in [6.07, 6.45) is 5.83. The van der Waals surface area contributed by atoms with E-state index in [1.807, 2.05) is 0 Å². The number of benzene rings is 1. The molecule has 1 N–H and O–H groups in total. The smallest absolute Gasteiger partial charge is 0.207 e. The summed E-state index contributed by atoms with van der Waals surface area (Å²) in [6.45, 7) is 14.9. The maximum absolute atomic E-state index is 6.83. The van der Waals surface area contributed by atoms with Gasteiger partial charge in [-0.05, 0) is 55.3 Å². The van der Waals surface area contributed by atoms with Crippen LogP contribution < -0.4 is 10.2 Å². The van der Waals surface area contributed by atoms with Crippen LogP contribution in [-0.2, 0) is 30.8 Å². The Bertz CT molecular complexity index is 922. The molecule has 6 nitrogen and oxygen atoms in total. The fraction of sp³-hybridized carbons (Fsp3) is 0.667. The van der Waals surface area contributed by atoms with E-state index in [1.165, 1.54) is 36.1 Å². The van der Waals surface area contributed by atoms with Crippen LogP contribution >= 0.6 is 11.6 Å². The highest BCUT2D eigenvalue weighted by molar-refractivity contribution is 6.30. The molecule has 1 fully saturated rings. The predicted octanol–water partition coefficient (Wildman–Crippen LogP) is 5.58. The van der Waals surface area contributed by atoms with Crippen LogP contribution in [0.4, 0.5) is 11.6 Å². The van der Waals surface area contributed by atoms with Crippen molar-refractivity contribution in [2.75, 3.05) is 49.6 Å². The summed E-state index contributed by atoms with van der Waals surface area (Å²) < 4.78 is 7.96. The van der Waals surface area contributed by atoms with Gasteiger partial charge >= 0.3 is 0 Å². The molecule has 2 aliphatic heterocycles. The fourth-order valence-electron chi connectivity index (χ4n) is 4.90. The van der Waals surface area contributed by atoms with E-state index in [2.05, 4.69) is 58.7 Å². The Hall–Kier alpha value is -1.76. The van der Waals surface area contributed by atoms with Gasteiger partial charge in [0.15, 0.2) is 5.15 Å². The molecule has 0 amide bonds. The molecule has 2 aliphatic rings. The molecule has 0 unspecified atom stereocenters. The van der Waals surface area contributed by atoms with E-state index >= 15 is 0 Å². The summed E-state index contributed by atoms with van der Waals surface area (Å²) in [7, 11) is 0. The number of rotatable bonds is 11. The fourth-order valence-corrected chi connectivity index (χ4v) is 5.14. The molecule has 1 aromatic carbocycles. The quantitative estimate of drug-likeness (QED) is 0.448. The summed E-state index contributed by atoms with van der Waals surface area (Å²) in [5.74, 6) is 1.68. The first kappa shape index (κ1) is 25.3. The topological polar surface area (TPSA) is 45.6 Å². The second kappa shape index (κ2) is 12.3. The monoisotopic (exact) mass is 487 g/mol. The summed E-state index contributed by atoms with van der Waals surface area (Å²) in [6, 6.07) is 6.95. The Morgan fingerprint density at radius 2 is 2.03 bits per heavy atom. The summed E-state index contributed by atoms with van der Waals surface area (Å²) in [5.41, 5.74) is 5.29. The maximum atomic E-state index is 6.83. The second-order valence-electron chi connectivity index (χ2n) is 10.2. The highest BCUT2D eigenvalue weighted by Gasteiger charge is 2.24. The number of imidazole rings is 1. The van der Waals surface area contributed by atoms with Crippen LogP contribution in [-0.4, -0.2) is 53.8 Å². The number of aromatic nitrogens is 2. The van der Waals surface area contributed by atoms with Crippen LogP contribution in [0.25, 0.3) is 0 Å². The number of halogens is 1. The highest BCUT2D eigenvalue weighted by atomic mass is 35.5. The average molecular weight is 488 g/mol. The van der Waals surface area contributed by atoms with Crippen LogP contribution in [0.1, 0.15) is 63.3 Å². The summed E-state index contributed by atoms with van der Waals surface area (Å²) in [5, 5.41) is 4.19. The van der Waals surface area contributed by atoms with Gasteiger partial charge in [-0.1, -0.05) is 50.9 Å². The Balaban J connectivity index is 1.58. The number of nitrogens with one attached hydrogen (secondary N) is 1. The third-order valence-corrected chi connectivity index (χ3v) is 7.25. The van der Waals surface area contributed by atoms with E-state index in [4.69, 9.17) is 21.3 Å². The van der Waals surface area contributed by atoms with Crippen molar-refractivity contribution in [1.82, 2.24) is 14.5 Å². The van der Waals surface area contributed by atoms with Crippen LogP contribution in [0, 0.1) is 5.92 Å². The molecule has 3 heterocycles. The number of hydrogen-bond acceptors (Lipinski definition) is 5. The van der Waals surface area contributed by atoms with Crippen molar-refractivity contribution >= 4 is 23.2 Å². The molecule has 0 spiro atoms. The van der Waals surface area contributed by atoms with E-state index in [1.54, 1.807) is 0 Å². The number of hydrogen-bond donors (Lipinski definition) is 1. The molecule has 0 bridgehead atoms. The van der Waals surface area contributed by atoms with Crippen LogP contribution in [0.3, 0.4) is 0 Å². The van der Waals surface area contributed by atoms with Gasteiger partial charge in [0.2, 0.25) is 5.95 Å². The maximum Gasteiger partial charge on any atom is 0.207 e. The number of aryl methyl sites for hydroxylation is 1. The molecular weight excluding hydrogens is 446 g/mol. The summed E-state index contributed by atoms with van der Waals surface area (Å²) >= 11 is 6.83. The van der Waals surface area contributed by atoms with Crippen LogP contribution in [0.2, 0.25) is 5.15 Å². The Morgan fingerprint density at radius 1 is 1.21 bits per heavy atom. The van der Waals surface area contributed by atoms with Crippen molar-refractivity contribution in [2.45, 2.75) is 72.5 Å². The number of unbranched alkanes of at least 4 members (excludes halogenated alkanes) is 1. The van der Waals surface area contributed by atoms with Gasteiger partial charge < -0.3 is 19.5 Å². The Kier molecular flexibility index (Phi) is 9.15. The van der Waals surface area contributed by atoms with E-state index in [9.17, 15) is 0 Å². The lowest BCUT2D eigenvalue weighted by Crippen LogP contribution is -2.38. The van der Waals surface area contributed by atoms with Crippen LogP contribution in [0.5, 0.6) is 0 Å². The molecule has 188 valence electrons. The summed E-state index contributed by atoms with van der Waals surface area (Å²) in [4.78, 5) is 9.76. The van der Waals surface area contributed by atoms with Gasteiger partial charge in [0.05, 0.1) is 18.9 Å². The lowest BCUT2D eigenvalue weighted by molar-refractivity contribution is 0.121. The molecule has 0 atom stereocenters. The first-order chi connectivity index (χ1) is 16.5. The normalized spacial score (nSPS) is 16.2. The first-order valence-corrected chi connectivity index (χ1v) is 13.6. The number of morpholine rings is 1. The molecular formula is C27H42ClN5O. The molecule has 2 aromatic rings. The third-order valence-electron chi connectivity index (χ3n) is 6.94. The SMILES string of the molecule is CCCCn1c(N2CCOCC2)nc(Cl)c1CN(CCC(C)C)Cc1ccc2c(c1)CCCN2. The molecule has 4 rings (SSSR count). The van der Waals surface area contributed by atoms with Crippen molar-refractivity contribution in [3.8, 4) is 0 Å². The molecule has 0 aliphatic carbocycles. The zero-order valence-corrected chi connectivity index (χ0v) is 22.0. The molecule has 1 saturated heterocycles. The van der Waals surface area contributed by atoms with Gasteiger partial charge in [-0.2, -0.15) is 0 Å². The number of ether oxygens (including phenoxy) is 1. The van der Waals surface area contributed by atoms with Gasteiger partial charge in [0, 0.05) is 45.0 Å². The Morgan fingerprint density at radius 3 is 2.79 bits per heavy atom. The van der Waals surface area contributed by atoms with E-state index in [-0.39, 0.29) is 0 Å². The lowest BCUT2D eigenvalue weighted by atomic mass is 10.0. The zero-order chi connectivity index (χ0) is 23.9. The van der Waals surface area contributed by atoms with Crippen molar-refractivity contribution in [3.05, 3.63) is 40.2 Å².